The van der Waals surface area contributed by atoms with E-state index in [2.05, 4.69) is 10.3 Å². The molecule has 0 aliphatic carbocycles. The number of ketones is 1. The van der Waals surface area contributed by atoms with Crippen LogP contribution in [-0.2, 0) is 9.53 Å². The van der Waals surface area contributed by atoms with Crippen LogP contribution in [-0.4, -0.2) is 29.3 Å². The number of esters is 1. The Hall–Kier alpha value is -3.74. The van der Waals surface area contributed by atoms with Crippen molar-refractivity contribution in [2.75, 3.05) is 11.9 Å². The fourth-order valence-corrected chi connectivity index (χ4v) is 3.18. The number of rotatable bonds is 6. The summed E-state index contributed by atoms with van der Waals surface area (Å²) >= 11 is 0. The number of H-pyrrole nitrogens is 1. The number of aromatic amines is 1. The SMILES string of the molecule is CCOC(=O)c1c(C)[nH]c(C(=O)C(=O)Nc2cccc(C)c2)c1-c1ccc(F)cc1. The molecule has 2 aromatic carbocycles. The molecule has 30 heavy (non-hydrogen) atoms. The number of benzene rings is 2. The van der Waals surface area contributed by atoms with Crippen molar-refractivity contribution in [1.29, 1.82) is 0 Å². The molecule has 0 fully saturated rings. The molecule has 0 bridgehead atoms. The van der Waals surface area contributed by atoms with Crippen LogP contribution in [0.5, 0.6) is 0 Å². The molecular formula is C23H21FN2O4. The Morgan fingerprint density at radius 2 is 1.77 bits per heavy atom. The summed E-state index contributed by atoms with van der Waals surface area (Å²) in [6.45, 7) is 5.28. The topological polar surface area (TPSA) is 88.3 Å². The van der Waals surface area contributed by atoms with Gasteiger partial charge in [0.2, 0.25) is 0 Å². The van der Waals surface area contributed by atoms with E-state index >= 15 is 0 Å². The van der Waals surface area contributed by atoms with Crippen molar-refractivity contribution in [2.24, 2.45) is 0 Å². The van der Waals surface area contributed by atoms with E-state index in [4.69, 9.17) is 4.74 Å². The summed E-state index contributed by atoms with van der Waals surface area (Å²) in [5.74, 6) is -2.81. The van der Waals surface area contributed by atoms with Gasteiger partial charge in [0, 0.05) is 16.9 Å². The fourth-order valence-electron chi connectivity index (χ4n) is 3.18. The van der Waals surface area contributed by atoms with E-state index in [1.807, 2.05) is 13.0 Å². The molecule has 154 valence electrons. The number of amides is 1. The van der Waals surface area contributed by atoms with Gasteiger partial charge in [0.15, 0.2) is 0 Å². The molecule has 3 rings (SSSR count). The van der Waals surface area contributed by atoms with Crippen molar-refractivity contribution in [3.8, 4) is 11.1 Å². The predicted octanol–water partition coefficient (Wildman–Crippen LogP) is 4.44. The molecule has 1 heterocycles. The number of ether oxygens (including phenoxy) is 1. The van der Waals surface area contributed by atoms with Crippen molar-refractivity contribution in [3.63, 3.8) is 0 Å². The summed E-state index contributed by atoms with van der Waals surface area (Å²) in [7, 11) is 0. The molecule has 0 aliphatic heterocycles. The van der Waals surface area contributed by atoms with Crippen LogP contribution in [0.25, 0.3) is 11.1 Å². The van der Waals surface area contributed by atoms with Crippen LogP contribution in [0.1, 0.15) is 39.0 Å². The number of hydrogen-bond donors (Lipinski definition) is 2. The van der Waals surface area contributed by atoms with Crippen LogP contribution in [0.4, 0.5) is 10.1 Å². The lowest BCUT2D eigenvalue weighted by atomic mass is 9.98. The molecule has 0 saturated carbocycles. The number of aryl methyl sites for hydroxylation is 2. The molecule has 0 radical (unpaired) electrons. The Kier molecular flexibility index (Phi) is 6.11. The lowest BCUT2D eigenvalue weighted by Gasteiger charge is -2.09. The summed E-state index contributed by atoms with van der Waals surface area (Å²) in [6.07, 6.45) is 0. The number of carbonyl (C=O) groups excluding carboxylic acids is 3. The van der Waals surface area contributed by atoms with E-state index in [-0.39, 0.29) is 23.4 Å². The van der Waals surface area contributed by atoms with Crippen LogP contribution in [0, 0.1) is 19.7 Å². The third-order valence-electron chi connectivity index (χ3n) is 4.51. The Labute approximate surface area is 173 Å². The highest BCUT2D eigenvalue weighted by atomic mass is 19.1. The molecule has 3 aromatic rings. The smallest absolute Gasteiger partial charge is 0.340 e. The zero-order valence-corrected chi connectivity index (χ0v) is 16.8. The minimum absolute atomic E-state index is 0.0627. The first-order valence-electron chi connectivity index (χ1n) is 9.39. The molecule has 0 atom stereocenters. The summed E-state index contributed by atoms with van der Waals surface area (Å²) < 4.78 is 18.5. The second-order valence-corrected chi connectivity index (χ2v) is 6.76. The molecule has 7 heteroatoms. The zero-order valence-electron chi connectivity index (χ0n) is 16.8. The first kappa shape index (κ1) is 21.0. The second kappa shape index (κ2) is 8.73. The van der Waals surface area contributed by atoms with Gasteiger partial charge in [-0.25, -0.2) is 9.18 Å². The number of anilines is 1. The van der Waals surface area contributed by atoms with Gasteiger partial charge in [-0.05, 0) is 56.2 Å². The normalized spacial score (nSPS) is 10.5. The maximum Gasteiger partial charge on any atom is 0.340 e. The molecule has 2 N–H and O–H groups in total. The van der Waals surface area contributed by atoms with E-state index in [0.29, 0.717) is 16.9 Å². The van der Waals surface area contributed by atoms with Crippen LogP contribution in [0.15, 0.2) is 48.5 Å². The molecular weight excluding hydrogens is 387 g/mol. The van der Waals surface area contributed by atoms with Gasteiger partial charge in [-0.15, -0.1) is 0 Å². The third-order valence-corrected chi connectivity index (χ3v) is 4.51. The van der Waals surface area contributed by atoms with E-state index in [1.54, 1.807) is 32.0 Å². The monoisotopic (exact) mass is 408 g/mol. The summed E-state index contributed by atoms with van der Waals surface area (Å²) in [5.41, 5.74) is 2.46. The molecule has 0 aliphatic rings. The van der Waals surface area contributed by atoms with Gasteiger partial charge in [0.25, 0.3) is 11.7 Å². The number of aromatic nitrogens is 1. The van der Waals surface area contributed by atoms with E-state index in [0.717, 1.165) is 5.56 Å². The molecule has 0 unspecified atom stereocenters. The zero-order chi connectivity index (χ0) is 21.8. The molecule has 6 nitrogen and oxygen atoms in total. The number of Topliss-reactive ketones (excluding diaryl/α,β-unsaturated/α-hetero) is 1. The van der Waals surface area contributed by atoms with E-state index in [1.165, 1.54) is 24.3 Å². The summed E-state index contributed by atoms with van der Waals surface area (Å²) in [6, 6.07) is 12.3. The first-order chi connectivity index (χ1) is 14.3. The predicted molar refractivity (Wildman–Crippen MR) is 111 cm³/mol. The quantitative estimate of drug-likeness (QED) is 0.359. The van der Waals surface area contributed by atoms with Gasteiger partial charge in [0.1, 0.15) is 11.5 Å². The van der Waals surface area contributed by atoms with E-state index < -0.39 is 23.5 Å². The third kappa shape index (κ3) is 4.30. The lowest BCUT2D eigenvalue weighted by Crippen LogP contribution is -2.24. The highest BCUT2D eigenvalue weighted by Crippen LogP contribution is 2.32. The van der Waals surface area contributed by atoms with Gasteiger partial charge in [0.05, 0.1) is 12.2 Å². The van der Waals surface area contributed by atoms with Crippen molar-refractivity contribution in [1.82, 2.24) is 4.98 Å². The van der Waals surface area contributed by atoms with Gasteiger partial charge in [-0.1, -0.05) is 24.3 Å². The maximum absolute atomic E-state index is 13.4. The van der Waals surface area contributed by atoms with Crippen molar-refractivity contribution < 1.29 is 23.5 Å². The summed E-state index contributed by atoms with van der Waals surface area (Å²) in [4.78, 5) is 41.0. The second-order valence-electron chi connectivity index (χ2n) is 6.76. The number of halogens is 1. The van der Waals surface area contributed by atoms with Crippen molar-refractivity contribution >= 4 is 23.3 Å². The average molecular weight is 408 g/mol. The number of hydrogen-bond acceptors (Lipinski definition) is 4. The maximum atomic E-state index is 13.4. The van der Waals surface area contributed by atoms with Gasteiger partial charge in [-0.3, -0.25) is 9.59 Å². The van der Waals surface area contributed by atoms with Gasteiger partial charge >= 0.3 is 5.97 Å². The largest absolute Gasteiger partial charge is 0.462 e. The van der Waals surface area contributed by atoms with Gasteiger partial charge < -0.3 is 15.0 Å². The van der Waals surface area contributed by atoms with Crippen molar-refractivity contribution in [3.05, 3.63) is 76.9 Å². The Bertz CT molecular complexity index is 1120. The molecule has 1 amide bonds. The minimum Gasteiger partial charge on any atom is -0.462 e. The molecule has 1 aromatic heterocycles. The van der Waals surface area contributed by atoms with Gasteiger partial charge in [-0.2, -0.15) is 0 Å². The Balaban J connectivity index is 2.06. The fraction of sp³-hybridized carbons (Fsp3) is 0.174. The standard InChI is InChI=1S/C23H21FN2O4/c1-4-30-23(29)18-14(3)25-20(19(18)15-8-10-16(24)11-9-15)21(27)22(28)26-17-7-5-6-13(2)12-17/h5-12,25H,4H2,1-3H3,(H,26,28). The number of carbonyl (C=O) groups is 3. The Morgan fingerprint density at radius 3 is 2.40 bits per heavy atom. The summed E-state index contributed by atoms with van der Waals surface area (Å²) in [5, 5.41) is 2.57. The van der Waals surface area contributed by atoms with Crippen LogP contribution < -0.4 is 5.32 Å². The van der Waals surface area contributed by atoms with Crippen LogP contribution in [0.2, 0.25) is 0 Å². The molecule has 0 spiro atoms. The van der Waals surface area contributed by atoms with Crippen LogP contribution in [0.3, 0.4) is 0 Å². The highest BCUT2D eigenvalue weighted by molar-refractivity contribution is 6.47. The highest BCUT2D eigenvalue weighted by Gasteiger charge is 2.29. The average Bonchev–Trinajstić information content (AvgIpc) is 3.05. The lowest BCUT2D eigenvalue weighted by molar-refractivity contribution is -0.112. The van der Waals surface area contributed by atoms with Crippen LogP contribution >= 0.6 is 0 Å². The van der Waals surface area contributed by atoms with Crippen molar-refractivity contribution in [2.45, 2.75) is 20.8 Å². The Morgan fingerprint density at radius 1 is 1.07 bits per heavy atom. The first-order valence-corrected chi connectivity index (χ1v) is 9.39. The van der Waals surface area contributed by atoms with E-state index in [9.17, 15) is 18.8 Å². The number of nitrogens with one attached hydrogen (secondary N) is 2. The molecule has 0 saturated heterocycles. The minimum atomic E-state index is -0.861.